The van der Waals surface area contributed by atoms with E-state index in [1.807, 2.05) is 0 Å². The molecule has 132 valence electrons. The lowest BCUT2D eigenvalue weighted by Gasteiger charge is -2.50. The van der Waals surface area contributed by atoms with Gasteiger partial charge in [-0.3, -0.25) is 0 Å². The van der Waals surface area contributed by atoms with Gasteiger partial charge in [-0.05, 0) is 74.7 Å². The van der Waals surface area contributed by atoms with Crippen molar-refractivity contribution < 1.29 is 12.3 Å². The summed E-state index contributed by atoms with van der Waals surface area (Å²) in [5.41, 5.74) is 9.48. The largest absolute Gasteiger partial charge is 0.403 e. The fourth-order valence-electron chi connectivity index (χ4n) is 2.51. The number of rotatable bonds is 6. The highest BCUT2D eigenvalue weighted by atomic mass is 28.5. The fourth-order valence-corrected chi connectivity index (χ4v) is 17.0. The Bertz CT molecular complexity index is 553. The van der Waals surface area contributed by atoms with Crippen molar-refractivity contribution in [1.29, 1.82) is 0 Å². The highest BCUT2D eigenvalue weighted by Gasteiger charge is 2.61. The molecule has 0 radical (unpaired) electrons. The van der Waals surface area contributed by atoms with Crippen LogP contribution in [0.15, 0.2) is 70.7 Å². The molecule has 0 saturated carbocycles. The van der Waals surface area contributed by atoms with E-state index in [9.17, 15) is 0 Å². The van der Waals surface area contributed by atoms with Gasteiger partial charge in [0.2, 0.25) is 0 Å². The SMILES string of the molecule is C=C[Si]1(C=C)O[Si](C=C)(C=C)O[Si](C(C)=C(C)C)(C(C)=C(C)C)O1. The van der Waals surface area contributed by atoms with Crippen LogP contribution in [-0.4, -0.2) is 25.7 Å². The summed E-state index contributed by atoms with van der Waals surface area (Å²) in [7, 11) is -8.59. The Kier molecular flexibility index (Phi) is 6.54. The Hall–Kier alpha value is -1.03. The van der Waals surface area contributed by atoms with Crippen LogP contribution in [0, 0.1) is 0 Å². The zero-order chi connectivity index (χ0) is 18.8. The standard InChI is InChI=1S/C18H30O3Si3/c1-11-22(12-2)19-23(13-3,14-4)21-24(20-22,17(9)15(5)6)18(10)16(7)8/h11-14H,1-4H2,5-10H3. The van der Waals surface area contributed by atoms with E-state index in [1.54, 1.807) is 22.8 Å². The molecular formula is C18H30O3Si3. The van der Waals surface area contributed by atoms with Crippen LogP contribution < -0.4 is 0 Å². The van der Waals surface area contributed by atoms with Crippen LogP contribution in [-0.2, 0) is 12.3 Å². The van der Waals surface area contributed by atoms with Gasteiger partial charge in [0, 0.05) is 0 Å². The zero-order valence-corrected chi connectivity index (χ0v) is 18.9. The normalized spacial score (nSPS) is 20.4. The number of hydrogen-bond acceptors (Lipinski definition) is 3. The Balaban J connectivity index is 3.86. The van der Waals surface area contributed by atoms with E-state index in [4.69, 9.17) is 12.3 Å². The Labute approximate surface area is 150 Å². The minimum Gasteiger partial charge on any atom is -0.403 e. The number of allylic oxidation sites excluding steroid dienone is 4. The first-order valence-corrected chi connectivity index (χ1v) is 13.8. The highest BCUT2D eigenvalue weighted by molar-refractivity contribution is 7.04. The van der Waals surface area contributed by atoms with E-state index < -0.39 is 25.7 Å². The summed E-state index contributed by atoms with van der Waals surface area (Å²) in [6, 6.07) is 0. The maximum Gasteiger partial charge on any atom is 0.381 e. The van der Waals surface area contributed by atoms with Crippen LogP contribution in [0.5, 0.6) is 0 Å². The van der Waals surface area contributed by atoms with Gasteiger partial charge in [-0.1, -0.05) is 11.1 Å². The van der Waals surface area contributed by atoms with Gasteiger partial charge in [-0.15, -0.1) is 26.3 Å². The first kappa shape index (κ1) is 21.0. The average molecular weight is 379 g/mol. The van der Waals surface area contributed by atoms with Crippen LogP contribution in [0.4, 0.5) is 0 Å². The molecule has 0 N–H and O–H groups in total. The third kappa shape index (κ3) is 3.49. The van der Waals surface area contributed by atoms with Gasteiger partial charge >= 0.3 is 25.7 Å². The van der Waals surface area contributed by atoms with E-state index in [-0.39, 0.29) is 0 Å². The summed E-state index contributed by atoms with van der Waals surface area (Å²) in [5.74, 6) is 0. The van der Waals surface area contributed by atoms with Crippen molar-refractivity contribution in [1.82, 2.24) is 0 Å². The van der Waals surface area contributed by atoms with E-state index in [0.717, 1.165) is 10.4 Å². The van der Waals surface area contributed by atoms with Crippen LogP contribution in [0.25, 0.3) is 0 Å². The fraction of sp³-hybridized carbons (Fsp3) is 0.333. The molecule has 0 atom stereocenters. The Morgan fingerprint density at radius 2 is 0.875 bits per heavy atom. The van der Waals surface area contributed by atoms with Gasteiger partial charge in [0.05, 0.1) is 0 Å². The van der Waals surface area contributed by atoms with E-state index in [0.29, 0.717) is 0 Å². The van der Waals surface area contributed by atoms with Crippen molar-refractivity contribution >= 4 is 25.7 Å². The van der Waals surface area contributed by atoms with Crippen molar-refractivity contribution in [2.75, 3.05) is 0 Å². The van der Waals surface area contributed by atoms with Crippen molar-refractivity contribution in [3.8, 4) is 0 Å². The summed E-state index contributed by atoms with van der Waals surface area (Å²) in [6.45, 7) is 28.4. The maximum absolute atomic E-state index is 6.69. The molecule has 0 aliphatic carbocycles. The summed E-state index contributed by atoms with van der Waals surface area (Å²) < 4.78 is 19.7. The first-order chi connectivity index (χ1) is 11.1. The second kappa shape index (κ2) is 7.47. The molecule has 1 rings (SSSR count). The van der Waals surface area contributed by atoms with Crippen LogP contribution >= 0.6 is 0 Å². The lowest BCUT2D eigenvalue weighted by Crippen LogP contribution is -2.70. The molecule has 1 aliphatic heterocycles. The predicted molar refractivity (Wildman–Crippen MR) is 109 cm³/mol. The minimum absolute atomic E-state index is 1.14. The van der Waals surface area contributed by atoms with E-state index >= 15 is 0 Å². The minimum atomic E-state index is -2.90. The topological polar surface area (TPSA) is 27.7 Å². The molecule has 0 aromatic rings. The molecule has 0 spiro atoms. The van der Waals surface area contributed by atoms with Crippen LogP contribution in [0.3, 0.4) is 0 Å². The predicted octanol–water partition coefficient (Wildman–Crippen LogP) is 5.07. The first-order valence-electron chi connectivity index (χ1n) is 8.01. The van der Waals surface area contributed by atoms with Gasteiger partial charge in [-0.2, -0.15) is 0 Å². The van der Waals surface area contributed by atoms with Crippen molar-refractivity contribution in [2.45, 2.75) is 41.5 Å². The van der Waals surface area contributed by atoms with Gasteiger partial charge in [-0.25, -0.2) is 0 Å². The van der Waals surface area contributed by atoms with E-state index in [1.165, 1.54) is 11.1 Å². The molecule has 1 fully saturated rings. The van der Waals surface area contributed by atoms with Crippen LogP contribution in [0.2, 0.25) is 0 Å². The molecule has 1 aliphatic rings. The monoisotopic (exact) mass is 378 g/mol. The molecule has 0 aromatic heterocycles. The quantitative estimate of drug-likeness (QED) is 0.604. The molecular weight excluding hydrogens is 348 g/mol. The van der Waals surface area contributed by atoms with Gasteiger partial charge in [0.1, 0.15) is 0 Å². The molecule has 6 heteroatoms. The molecule has 0 aromatic carbocycles. The molecule has 1 saturated heterocycles. The number of hydrogen-bond donors (Lipinski definition) is 0. The average Bonchev–Trinajstić information content (AvgIpc) is 2.59. The van der Waals surface area contributed by atoms with Crippen LogP contribution in [0.1, 0.15) is 41.5 Å². The highest BCUT2D eigenvalue weighted by Crippen LogP contribution is 2.41. The third-order valence-corrected chi connectivity index (χ3v) is 17.2. The molecule has 0 bridgehead atoms. The summed E-state index contributed by atoms with van der Waals surface area (Å²) >= 11 is 0. The van der Waals surface area contributed by atoms with Gasteiger partial charge < -0.3 is 12.3 Å². The zero-order valence-electron chi connectivity index (χ0n) is 15.9. The summed E-state index contributed by atoms with van der Waals surface area (Å²) in [6.07, 6.45) is 0. The second-order valence-electron chi connectivity index (χ2n) is 6.43. The summed E-state index contributed by atoms with van der Waals surface area (Å²) in [5, 5.41) is 2.29. The second-order valence-corrected chi connectivity index (χ2v) is 16.1. The molecule has 3 nitrogen and oxygen atoms in total. The molecule has 1 heterocycles. The lowest BCUT2D eigenvalue weighted by atomic mass is 10.3. The van der Waals surface area contributed by atoms with Crippen molar-refractivity contribution in [3.63, 3.8) is 0 Å². The molecule has 0 amide bonds. The van der Waals surface area contributed by atoms with E-state index in [2.05, 4.69) is 67.9 Å². The smallest absolute Gasteiger partial charge is 0.381 e. The third-order valence-electron chi connectivity index (χ3n) is 4.55. The van der Waals surface area contributed by atoms with Crippen molar-refractivity contribution in [3.05, 3.63) is 70.7 Å². The maximum atomic E-state index is 6.69. The van der Waals surface area contributed by atoms with Gasteiger partial charge in [0.15, 0.2) is 0 Å². The van der Waals surface area contributed by atoms with Crippen molar-refractivity contribution in [2.24, 2.45) is 0 Å². The Morgan fingerprint density at radius 1 is 0.583 bits per heavy atom. The molecule has 0 unspecified atom stereocenters. The Morgan fingerprint density at radius 3 is 1.08 bits per heavy atom. The lowest BCUT2D eigenvalue weighted by molar-refractivity contribution is 0.256. The molecule has 24 heavy (non-hydrogen) atoms. The summed E-state index contributed by atoms with van der Waals surface area (Å²) in [4.78, 5) is 0. The van der Waals surface area contributed by atoms with Gasteiger partial charge in [0.25, 0.3) is 0 Å².